The molecule has 1 unspecified atom stereocenters. The summed E-state index contributed by atoms with van der Waals surface area (Å²) in [5.41, 5.74) is 12.5. The number of carbonyl (C=O) groups excluding carboxylic acids is 1. The van der Waals surface area contributed by atoms with Gasteiger partial charge in [-0.1, -0.05) is 30.9 Å². The van der Waals surface area contributed by atoms with Gasteiger partial charge in [0.1, 0.15) is 12.7 Å². The highest BCUT2D eigenvalue weighted by Crippen LogP contribution is 2.45. The summed E-state index contributed by atoms with van der Waals surface area (Å²) in [6, 6.07) is 1.65. The number of primary amides is 1. The Morgan fingerprint density at radius 3 is 2.53 bits per heavy atom. The van der Waals surface area contributed by atoms with Crippen LogP contribution < -0.4 is 20.9 Å². The number of hydrogen-bond donors (Lipinski definition) is 2. The third-order valence-electron chi connectivity index (χ3n) is 6.91. The molecule has 2 heterocycles. The van der Waals surface area contributed by atoms with Crippen LogP contribution in [-0.4, -0.2) is 43.2 Å². The van der Waals surface area contributed by atoms with Crippen LogP contribution in [0.3, 0.4) is 0 Å². The predicted molar refractivity (Wildman–Crippen MR) is 119 cm³/mol. The van der Waals surface area contributed by atoms with E-state index in [9.17, 15) is 4.79 Å². The lowest BCUT2D eigenvalue weighted by Crippen LogP contribution is -2.40. The van der Waals surface area contributed by atoms with Gasteiger partial charge in [0.2, 0.25) is 5.91 Å². The first-order valence-corrected chi connectivity index (χ1v) is 11.8. The minimum atomic E-state index is -0.441. The van der Waals surface area contributed by atoms with Gasteiger partial charge in [0.05, 0.1) is 17.1 Å². The van der Waals surface area contributed by atoms with Crippen LogP contribution in [-0.2, 0) is 11.2 Å². The molecule has 0 aromatic heterocycles. The van der Waals surface area contributed by atoms with Gasteiger partial charge in [-0.25, -0.2) is 0 Å². The first-order chi connectivity index (χ1) is 14.5. The zero-order valence-corrected chi connectivity index (χ0v) is 18.5. The van der Waals surface area contributed by atoms with E-state index in [-0.39, 0.29) is 12.5 Å². The maximum atomic E-state index is 11.4. The molecule has 1 aromatic rings. The molecule has 0 spiro atoms. The Balaban J connectivity index is 1.31. The Morgan fingerprint density at radius 1 is 1.10 bits per heavy atom. The van der Waals surface area contributed by atoms with Gasteiger partial charge in [0, 0.05) is 12.1 Å². The Labute approximate surface area is 184 Å². The van der Waals surface area contributed by atoms with Crippen molar-refractivity contribution in [2.24, 2.45) is 17.6 Å². The average Bonchev–Trinajstić information content (AvgIpc) is 2.74. The van der Waals surface area contributed by atoms with Crippen LogP contribution in [0.1, 0.15) is 56.9 Å². The van der Waals surface area contributed by atoms with Crippen molar-refractivity contribution in [3.05, 3.63) is 16.7 Å². The number of nitrogens with two attached hydrogens (primary N) is 2. The molecule has 1 saturated carbocycles. The summed E-state index contributed by atoms with van der Waals surface area (Å²) in [4.78, 5) is 14.0. The van der Waals surface area contributed by atoms with Crippen LogP contribution in [0.25, 0.3) is 0 Å². The summed E-state index contributed by atoms with van der Waals surface area (Å²) >= 11 is 6.25. The first-order valence-electron chi connectivity index (χ1n) is 11.4. The number of ether oxygens (including phenoxy) is 2. The molecule has 1 aliphatic carbocycles. The van der Waals surface area contributed by atoms with Gasteiger partial charge < -0.3 is 25.8 Å². The fraction of sp³-hybridized carbons (Fsp3) is 0.696. The summed E-state index contributed by atoms with van der Waals surface area (Å²) in [5, 5.41) is 0.366. The van der Waals surface area contributed by atoms with Gasteiger partial charge >= 0.3 is 0 Å². The number of nitrogen functional groups attached to an aromatic ring is 1. The number of piperidine rings is 1. The molecule has 0 bridgehead atoms. The lowest BCUT2D eigenvalue weighted by atomic mass is 9.87. The van der Waals surface area contributed by atoms with Crippen LogP contribution in [0.15, 0.2) is 6.07 Å². The molecule has 6 nitrogen and oxygen atoms in total. The molecular weight excluding hydrogens is 402 g/mol. The van der Waals surface area contributed by atoms with Gasteiger partial charge in [-0.15, -0.1) is 0 Å². The van der Waals surface area contributed by atoms with Crippen LogP contribution in [0.4, 0.5) is 5.69 Å². The maximum absolute atomic E-state index is 11.4. The van der Waals surface area contributed by atoms with Crippen LogP contribution in [0, 0.1) is 11.8 Å². The number of fused-ring (bicyclic) bond motifs is 1. The van der Waals surface area contributed by atoms with Crippen molar-refractivity contribution in [2.75, 3.05) is 32.0 Å². The largest absolute Gasteiger partial charge is 0.485 e. The number of halogens is 1. The SMILES string of the molecule is NC(=O)Cc1cc(Cl)c(N)c2c1OCC(CC1CCN(CC3CCCCC3)CC1)O2. The molecule has 4 N–H and O–H groups in total. The quantitative estimate of drug-likeness (QED) is 0.663. The number of likely N-dealkylation sites (tertiary alicyclic amines) is 1. The first kappa shape index (κ1) is 21.6. The van der Waals surface area contributed by atoms with Crippen LogP contribution in [0.5, 0.6) is 11.5 Å². The van der Waals surface area contributed by atoms with E-state index < -0.39 is 5.91 Å². The molecule has 2 aliphatic heterocycles. The third kappa shape index (κ3) is 5.14. The molecule has 30 heavy (non-hydrogen) atoms. The number of amides is 1. The van der Waals surface area contributed by atoms with Gasteiger partial charge in [0.15, 0.2) is 11.5 Å². The van der Waals surface area contributed by atoms with Crippen molar-refractivity contribution in [1.82, 2.24) is 4.90 Å². The second kappa shape index (κ2) is 9.65. The van der Waals surface area contributed by atoms with E-state index in [2.05, 4.69) is 4.90 Å². The Morgan fingerprint density at radius 2 is 1.83 bits per heavy atom. The average molecular weight is 436 g/mol. The number of hydrogen-bond acceptors (Lipinski definition) is 5. The molecule has 2 fully saturated rings. The minimum Gasteiger partial charge on any atom is -0.485 e. The zero-order chi connectivity index (χ0) is 21.1. The van der Waals surface area contributed by atoms with E-state index in [1.54, 1.807) is 6.07 Å². The van der Waals surface area contributed by atoms with Crippen molar-refractivity contribution < 1.29 is 14.3 Å². The summed E-state index contributed by atoms with van der Waals surface area (Å²) in [6.45, 7) is 4.10. The van der Waals surface area contributed by atoms with Crippen molar-refractivity contribution in [2.45, 2.75) is 63.9 Å². The highest BCUT2D eigenvalue weighted by Gasteiger charge is 2.31. The molecule has 3 aliphatic rings. The van der Waals surface area contributed by atoms with Crippen molar-refractivity contribution in [1.29, 1.82) is 0 Å². The van der Waals surface area contributed by atoms with Gasteiger partial charge in [-0.2, -0.15) is 0 Å². The topological polar surface area (TPSA) is 90.8 Å². The molecule has 4 rings (SSSR count). The Hall–Kier alpha value is -1.66. The van der Waals surface area contributed by atoms with E-state index in [4.69, 9.17) is 32.5 Å². The van der Waals surface area contributed by atoms with Crippen LogP contribution in [0.2, 0.25) is 5.02 Å². The molecule has 166 valence electrons. The molecule has 1 saturated heterocycles. The smallest absolute Gasteiger partial charge is 0.221 e. The monoisotopic (exact) mass is 435 g/mol. The fourth-order valence-corrected chi connectivity index (χ4v) is 5.49. The summed E-state index contributed by atoms with van der Waals surface area (Å²) < 4.78 is 12.2. The zero-order valence-electron chi connectivity index (χ0n) is 17.7. The van der Waals surface area contributed by atoms with Crippen molar-refractivity contribution in [3.63, 3.8) is 0 Å². The summed E-state index contributed by atoms with van der Waals surface area (Å²) in [7, 11) is 0. The molecular formula is C23H34ClN3O3. The van der Waals surface area contributed by atoms with Gasteiger partial charge in [-0.3, -0.25) is 4.79 Å². The number of benzene rings is 1. The van der Waals surface area contributed by atoms with E-state index in [0.717, 1.165) is 12.3 Å². The highest BCUT2D eigenvalue weighted by atomic mass is 35.5. The lowest BCUT2D eigenvalue weighted by molar-refractivity contribution is -0.117. The van der Waals surface area contributed by atoms with E-state index >= 15 is 0 Å². The molecule has 1 atom stereocenters. The Bertz CT molecular complexity index is 759. The highest BCUT2D eigenvalue weighted by molar-refractivity contribution is 6.33. The predicted octanol–water partition coefficient (Wildman–Crippen LogP) is 3.77. The van der Waals surface area contributed by atoms with E-state index in [1.165, 1.54) is 64.6 Å². The minimum absolute atomic E-state index is 0.0467. The molecule has 7 heteroatoms. The third-order valence-corrected chi connectivity index (χ3v) is 7.22. The van der Waals surface area contributed by atoms with E-state index in [1.807, 2.05) is 0 Å². The van der Waals surface area contributed by atoms with Gasteiger partial charge in [0.25, 0.3) is 0 Å². The molecule has 1 aromatic carbocycles. The second-order valence-electron chi connectivity index (χ2n) is 9.27. The van der Waals surface area contributed by atoms with Crippen molar-refractivity contribution >= 4 is 23.2 Å². The summed E-state index contributed by atoms with van der Waals surface area (Å²) in [6.07, 6.45) is 10.4. The lowest BCUT2D eigenvalue weighted by Gasteiger charge is -2.37. The summed E-state index contributed by atoms with van der Waals surface area (Å²) in [5.74, 6) is 2.07. The molecule has 1 amide bonds. The number of anilines is 1. The normalized spacial score (nSPS) is 23.4. The second-order valence-corrected chi connectivity index (χ2v) is 9.67. The van der Waals surface area contributed by atoms with Crippen molar-refractivity contribution in [3.8, 4) is 11.5 Å². The standard InChI is InChI=1S/C23H34ClN3O3/c24-19-11-17(12-20(25)28)22-23(21(19)26)30-18(14-29-22)10-15-6-8-27(9-7-15)13-16-4-2-1-3-5-16/h11,15-16,18H,1-10,12-14,26H2,(H2,25,28). The Kier molecular flexibility index (Phi) is 6.94. The van der Waals surface area contributed by atoms with Gasteiger partial charge in [-0.05, 0) is 63.1 Å². The molecule has 0 radical (unpaired) electrons. The van der Waals surface area contributed by atoms with E-state index in [0.29, 0.717) is 40.3 Å². The maximum Gasteiger partial charge on any atom is 0.221 e. The number of nitrogens with zero attached hydrogens (tertiary/aromatic N) is 1. The number of carbonyl (C=O) groups is 1. The number of rotatable bonds is 6. The van der Waals surface area contributed by atoms with Crippen LogP contribution >= 0.6 is 11.6 Å². The fourth-order valence-electron chi connectivity index (χ4n) is 5.27.